The van der Waals surface area contributed by atoms with Gasteiger partial charge in [0, 0.05) is 24.4 Å². The van der Waals surface area contributed by atoms with Crippen LogP contribution in [0.25, 0.3) is 0 Å². The Kier molecular flexibility index (Phi) is 4.90. The van der Waals surface area contributed by atoms with Gasteiger partial charge in [-0.25, -0.2) is 0 Å². The maximum atomic E-state index is 11.2. The lowest BCUT2D eigenvalue weighted by atomic mass is 9.87. The van der Waals surface area contributed by atoms with Crippen molar-refractivity contribution in [2.45, 2.75) is 20.3 Å². The van der Waals surface area contributed by atoms with Crippen molar-refractivity contribution in [2.24, 2.45) is 5.41 Å². The van der Waals surface area contributed by atoms with E-state index in [0.29, 0.717) is 12.1 Å². The van der Waals surface area contributed by atoms with E-state index in [1.165, 1.54) is 25.3 Å². The molecular weight excluding hydrogens is 264 g/mol. The second-order valence-electron chi connectivity index (χ2n) is 4.72. The summed E-state index contributed by atoms with van der Waals surface area (Å²) in [7, 11) is 1.35. The fourth-order valence-electron chi connectivity index (χ4n) is 1.59. The van der Waals surface area contributed by atoms with Crippen molar-refractivity contribution < 1.29 is 19.6 Å². The summed E-state index contributed by atoms with van der Waals surface area (Å²) in [4.78, 5) is 21.4. The van der Waals surface area contributed by atoms with Gasteiger partial charge in [0.05, 0.1) is 17.4 Å². The molecule has 2 N–H and O–H groups in total. The van der Waals surface area contributed by atoms with E-state index in [1.807, 2.05) is 0 Å². The average molecular weight is 282 g/mol. The van der Waals surface area contributed by atoms with E-state index in [2.05, 4.69) is 5.32 Å². The maximum Gasteiger partial charge on any atom is 0.311 e. The van der Waals surface area contributed by atoms with Gasteiger partial charge < -0.3 is 15.2 Å². The summed E-state index contributed by atoms with van der Waals surface area (Å²) in [6, 6.07) is 4.33. The number of nitro groups is 1. The van der Waals surface area contributed by atoms with Crippen LogP contribution in [-0.4, -0.2) is 29.7 Å². The van der Waals surface area contributed by atoms with Crippen molar-refractivity contribution in [1.82, 2.24) is 0 Å². The zero-order valence-corrected chi connectivity index (χ0v) is 11.7. The number of nitrogens with zero attached hydrogens (tertiary/aromatic N) is 1. The van der Waals surface area contributed by atoms with E-state index >= 15 is 0 Å². The van der Waals surface area contributed by atoms with Crippen molar-refractivity contribution in [3.63, 3.8) is 0 Å². The first kappa shape index (κ1) is 15.7. The number of ether oxygens (including phenoxy) is 1. The second-order valence-corrected chi connectivity index (χ2v) is 4.72. The minimum atomic E-state index is -0.894. The molecule has 1 rings (SSSR count). The van der Waals surface area contributed by atoms with E-state index in [1.54, 1.807) is 13.8 Å². The molecule has 0 aliphatic heterocycles. The summed E-state index contributed by atoms with van der Waals surface area (Å²) in [6.45, 7) is 3.66. The number of benzene rings is 1. The molecule has 1 aromatic rings. The summed E-state index contributed by atoms with van der Waals surface area (Å²) in [5.74, 6) is -0.755. The van der Waals surface area contributed by atoms with E-state index in [9.17, 15) is 20.0 Å². The number of carboxylic acid groups (broad SMARTS) is 1. The van der Waals surface area contributed by atoms with Crippen LogP contribution in [0.1, 0.15) is 20.3 Å². The molecule has 1 aromatic carbocycles. The highest BCUT2D eigenvalue weighted by Gasteiger charge is 2.30. The van der Waals surface area contributed by atoms with Crippen LogP contribution in [-0.2, 0) is 4.79 Å². The van der Waals surface area contributed by atoms with Crippen LogP contribution in [0.4, 0.5) is 11.4 Å². The molecule has 0 heterocycles. The third kappa shape index (κ3) is 3.37. The fraction of sp³-hybridized carbons (Fsp3) is 0.462. The highest BCUT2D eigenvalue weighted by molar-refractivity contribution is 5.75. The van der Waals surface area contributed by atoms with Gasteiger partial charge >= 0.3 is 11.7 Å². The molecule has 7 nitrogen and oxygen atoms in total. The van der Waals surface area contributed by atoms with E-state index in [0.717, 1.165) is 0 Å². The zero-order valence-electron chi connectivity index (χ0n) is 11.7. The molecule has 110 valence electrons. The van der Waals surface area contributed by atoms with Crippen LogP contribution in [0.3, 0.4) is 0 Å². The highest BCUT2D eigenvalue weighted by atomic mass is 16.6. The number of carboxylic acids is 1. The SMILES string of the molecule is CCC(C)(CNc1ccc([N+](=O)[O-])c(OC)c1)C(=O)O. The molecule has 0 aliphatic rings. The predicted octanol–water partition coefficient (Wildman–Crippen LogP) is 2.52. The van der Waals surface area contributed by atoms with Gasteiger partial charge in [0.25, 0.3) is 0 Å². The monoisotopic (exact) mass is 282 g/mol. The van der Waals surface area contributed by atoms with Crippen LogP contribution < -0.4 is 10.1 Å². The Labute approximate surface area is 116 Å². The number of nitrogens with one attached hydrogen (secondary N) is 1. The van der Waals surface area contributed by atoms with Gasteiger partial charge in [0.1, 0.15) is 0 Å². The molecule has 1 unspecified atom stereocenters. The average Bonchev–Trinajstić information content (AvgIpc) is 2.43. The lowest BCUT2D eigenvalue weighted by molar-refractivity contribution is -0.385. The van der Waals surface area contributed by atoms with Crippen LogP contribution >= 0.6 is 0 Å². The Morgan fingerprint density at radius 1 is 1.55 bits per heavy atom. The molecule has 0 bridgehead atoms. The fourth-order valence-corrected chi connectivity index (χ4v) is 1.59. The number of hydrogen-bond acceptors (Lipinski definition) is 5. The highest BCUT2D eigenvalue weighted by Crippen LogP contribution is 2.30. The van der Waals surface area contributed by atoms with Gasteiger partial charge in [-0.05, 0) is 19.4 Å². The van der Waals surface area contributed by atoms with Crippen LogP contribution in [0, 0.1) is 15.5 Å². The summed E-state index contributed by atoms with van der Waals surface area (Å²) in [6.07, 6.45) is 0.472. The summed E-state index contributed by atoms with van der Waals surface area (Å²) in [5, 5.41) is 22.9. The molecule has 0 fully saturated rings. The molecule has 0 amide bonds. The van der Waals surface area contributed by atoms with Gasteiger partial charge in [0.15, 0.2) is 5.75 Å². The smallest absolute Gasteiger partial charge is 0.311 e. The number of methoxy groups -OCH3 is 1. The molecule has 7 heteroatoms. The zero-order chi connectivity index (χ0) is 15.3. The Hall–Kier alpha value is -2.31. The van der Waals surface area contributed by atoms with Gasteiger partial charge in [-0.3, -0.25) is 14.9 Å². The quantitative estimate of drug-likeness (QED) is 0.588. The van der Waals surface area contributed by atoms with Crippen LogP contribution in [0.2, 0.25) is 0 Å². The van der Waals surface area contributed by atoms with Crippen molar-refractivity contribution in [1.29, 1.82) is 0 Å². The van der Waals surface area contributed by atoms with Crippen molar-refractivity contribution >= 4 is 17.3 Å². The topological polar surface area (TPSA) is 102 Å². The molecule has 0 saturated carbocycles. The third-order valence-electron chi connectivity index (χ3n) is 3.36. The Balaban J connectivity index is 2.89. The van der Waals surface area contributed by atoms with Crippen molar-refractivity contribution in [2.75, 3.05) is 19.0 Å². The standard InChI is InChI=1S/C13H18N2O5/c1-4-13(2,12(16)17)8-14-9-5-6-10(15(18)19)11(7-9)20-3/h5-7,14H,4,8H2,1-3H3,(H,16,17). The lowest BCUT2D eigenvalue weighted by Gasteiger charge is -2.23. The first-order valence-electron chi connectivity index (χ1n) is 6.13. The van der Waals surface area contributed by atoms with E-state index in [4.69, 9.17) is 4.74 Å². The summed E-state index contributed by atoms with van der Waals surface area (Å²) < 4.78 is 4.96. The Morgan fingerprint density at radius 3 is 2.65 bits per heavy atom. The van der Waals surface area contributed by atoms with Crippen LogP contribution in [0.15, 0.2) is 18.2 Å². The third-order valence-corrected chi connectivity index (χ3v) is 3.36. The predicted molar refractivity (Wildman–Crippen MR) is 74.2 cm³/mol. The minimum Gasteiger partial charge on any atom is -0.490 e. The normalized spacial score (nSPS) is 13.3. The number of rotatable bonds is 7. The Morgan fingerprint density at radius 2 is 2.20 bits per heavy atom. The first-order valence-corrected chi connectivity index (χ1v) is 6.13. The van der Waals surface area contributed by atoms with Crippen molar-refractivity contribution in [3.8, 4) is 5.75 Å². The van der Waals surface area contributed by atoms with Crippen molar-refractivity contribution in [3.05, 3.63) is 28.3 Å². The molecule has 0 saturated heterocycles. The summed E-state index contributed by atoms with van der Waals surface area (Å²) >= 11 is 0. The van der Waals surface area contributed by atoms with Gasteiger partial charge in [-0.15, -0.1) is 0 Å². The number of nitro benzene ring substituents is 1. The summed E-state index contributed by atoms with van der Waals surface area (Å²) in [5.41, 5.74) is -0.447. The number of aliphatic carboxylic acids is 1. The molecular formula is C13H18N2O5. The van der Waals surface area contributed by atoms with E-state index < -0.39 is 16.3 Å². The molecule has 0 spiro atoms. The van der Waals surface area contributed by atoms with Crippen LogP contribution in [0.5, 0.6) is 5.75 Å². The molecule has 20 heavy (non-hydrogen) atoms. The minimum absolute atomic E-state index is 0.130. The second kappa shape index (κ2) is 6.23. The largest absolute Gasteiger partial charge is 0.490 e. The Bertz CT molecular complexity index is 517. The first-order chi connectivity index (χ1) is 9.34. The number of anilines is 1. The lowest BCUT2D eigenvalue weighted by Crippen LogP contribution is -2.34. The number of carbonyl (C=O) groups is 1. The maximum absolute atomic E-state index is 11.2. The van der Waals surface area contributed by atoms with Gasteiger partial charge in [0.2, 0.25) is 0 Å². The van der Waals surface area contributed by atoms with Gasteiger partial charge in [-0.1, -0.05) is 6.92 Å². The molecule has 1 atom stereocenters. The molecule has 0 aromatic heterocycles. The molecule has 0 radical (unpaired) electrons. The number of hydrogen-bond donors (Lipinski definition) is 2. The molecule has 0 aliphatic carbocycles. The van der Waals surface area contributed by atoms with E-state index in [-0.39, 0.29) is 18.0 Å². The van der Waals surface area contributed by atoms with Gasteiger partial charge in [-0.2, -0.15) is 0 Å².